The van der Waals surface area contributed by atoms with Crippen LogP contribution >= 0.6 is 0 Å². The normalized spacial score (nSPS) is 12.0. The number of amides is 2. The Morgan fingerprint density at radius 3 is 2.35 bits per heavy atom. The molecule has 1 rings (SSSR count). The highest BCUT2D eigenvalue weighted by atomic mass is 19.1. The molecule has 8 heteroatoms. The summed E-state index contributed by atoms with van der Waals surface area (Å²) in [5, 5.41) is 12.8. The fraction of sp³-hybridized carbons (Fsp3) is 0.400. The summed E-state index contributed by atoms with van der Waals surface area (Å²) >= 11 is 0. The second-order valence-corrected chi connectivity index (χ2v) is 5.59. The summed E-state index contributed by atoms with van der Waals surface area (Å²) in [5.74, 6) is -2.93. The van der Waals surface area contributed by atoms with E-state index in [0.29, 0.717) is 0 Å². The molecule has 0 bridgehead atoms. The summed E-state index contributed by atoms with van der Waals surface area (Å²) in [6.45, 7) is 4.42. The molecule has 0 fully saturated rings. The van der Waals surface area contributed by atoms with Crippen molar-refractivity contribution in [3.05, 3.63) is 35.4 Å². The minimum atomic E-state index is -1.67. The first-order valence-corrected chi connectivity index (χ1v) is 6.74. The van der Waals surface area contributed by atoms with Gasteiger partial charge in [-0.05, 0) is 32.9 Å². The number of hydrogen-bond acceptors (Lipinski definition) is 4. The Labute approximate surface area is 132 Å². The number of carbonyl (C=O) groups is 2. The maximum absolute atomic E-state index is 13.9. The topological polar surface area (TPSA) is 91.2 Å². The van der Waals surface area contributed by atoms with Crippen molar-refractivity contribution in [1.82, 2.24) is 10.6 Å². The van der Waals surface area contributed by atoms with E-state index in [1.54, 1.807) is 26.8 Å². The minimum absolute atomic E-state index is 0.374. The molecule has 6 nitrogen and oxygen atoms in total. The Morgan fingerprint density at radius 1 is 1.30 bits per heavy atom. The molecule has 124 valence electrons. The Kier molecular flexibility index (Phi) is 6.02. The molecule has 1 aromatic rings. The number of rotatable bonds is 4. The van der Waals surface area contributed by atoms with Crippen LogP contribution in [0, 0.1) is 23.0 Å². The molecule has 0 aliphatic rings. The molecule has 1 aromatic carbocycles. The average Bonchev–Trinajstić information content (AvgIpc) is 2.41. The van der Waals surface area contributed by atoms with Gasteiger partial charge in [0.25, 0.3) is 0 Å². The molecule has 2 amide bonds. The lowest BCUT2D eigenvalue weighted by atomic mass is 10.0. The highest BCUT2D eigenvalue weighted by Gasteiger charge is 2.30. The quantitative estimate of drug-likeness (QED) is 0.830. The maximum Gasteiger partial charge on any atom is 0.408 e. The summed E-state index contributed by atoms with van der Waals surface area (Å²) in [6.07, 6.45) is -1.02. The summed E-state index contributed by atoms with van der Waals surface area (Å²) in [6, 6.07) is 3.04. The summed E-state index contributed by atoms with van der Waals surface area (Å²) in [7, 11) is 0. The van der Waals surface area contributed by atoms with E-state index in [1.165, 1.54) is 0 Å². The SMILES string of the molecule is CC(C)(C)OC(=O)N[C@H](C(=O)NCC#N)c1c(F)cccc1F. The van der Waals surface area contributed by atoms with Crippen molar-refractivity contribution in [2.75, 3.05) is 6.54 Å². The van der Waals surface area contributed by atoms with E-state index >= 15 is 0 Å². The molecule has 2 N–H and O–H groups in total. The lowest BCUT2D eigenvalue weighted by Crippen LogP contribution is -2.43. The fourth-order valence-corrected chi connectivity index (χ4v) is 1.71. The number of carbonyl (C=O) groups excluding carboxylic acids is 2. The molecule has 0 aromatic heterocycles. The van der Waals surface area contributed by atoms with Crippen molar-refractivity contribution in [3.63, 3.8) is 0 Å². The standard InChI is InChI=1S/C15H17F2N3O3/c1-15(2,3)23-14(22)20-12(13(21)19-8-7-18)11-9(16)5-4-6-10(11)17/h4-6,12H,8H2,1-3H3,(H,19,21)(H,20,22)/t12-/m0/s1. The number of alkyl carbamates (subject to hydrolysis) is 1. The molecule has 1 atom stereocenters. The molecule has 23 heavy (non-hydrogen) atoms. The van der Waals surface area contributed by atoms with E-state index in [9.17, 15) is 18.4 Å². The monoisotopic (exact) mass is 325 g/mol. The first-order chi connectivity index (χ1) is 10.7. The smallest absolute Gasteiger partial charge is 0.408 e. The molecular formula is C15H17F2N3O3. The van der Waals surface area contributed by atoms with Gasteiger partial charge in [0.05, 0.1) is 11.6 Å². The van der Waals surface area contributed by atoms with Gasteiger partial charge in [0.15, 0.2) is 0 Å². The molecule has 0 saturated heterocycles. The lowest BCUT2D eigenvalue weighted by molar-refractivity contribution is -0.123. The van der Waals surface area contributed by atoms with E-state index in [2.05, 4.69) is 10.6 Å². The molecule has 0 saturated carbocycles. The van der Waals surface area contributed by atoms with Crippen LogP contribution in [-0.4, -0.2) is 24.1 Å². The number of nitrogens with zero attached hydrogens (tertiary/aromatic N) is 1. The average molecular weight is 325 g/mol. The van der Waals surface area contributed by atoms with E-state index in [0.717, 1.165) is 18.2 Å². The van der Waals surface area contributed by atoms with Crippen molar-refractivity contribution in [2.24, 2.45) is 0 Å². The molecule has 0 aliphatic carbocycles. The van der Waals surface area contributed by atoms with Crippen LogP contribution in [0.5, 0.6) is 0 Å². The van der Waals surface area contributed by atoms with Crippen molar-refractivity contribution in [1.29, 1.82) is 5.26 Å². The second-order valence-electron chi connectivity index (χ2n) is 5.59. The minimum Gasteiger partial charge on any atom is -0.444 e. The largest absolute Gasteiger partial charge is 0.444 e. The van der Waals surface area contributed by atoms with Crippen LogP contribution in [0.1, 0.15) is 32.4 Å². The zero-order valence-corrected chi connectivity index (χ0v) is 12.9. The number of halogens is 2. The predicted octanol–water partition coefficient (Wildman–Crippen LogP) is 2.17. The molecule has 0 aliphatic heterocycles. The summed E-state index contributed by atoms with van der Waals surface area (Å²) in [4.78, 5) is 23.9. The van der Waals surface area contributed by atoms with Gasteiger partial charge in [0.2, 0.25) is 5.91 Å². The molecule has 0 spiro atoms. The second kappa shape index (κ2) is 7.54. The van der Waals surface area contributed by atoms with Crippen LogP contribution in [0.25, 0.3) is 0 Å². The van der Waals surface area contributed by atoms with Crippen molar-refractivity contribution >= 4 is 12.0 Å². The number of nitrogens with one attached hydrogen (secondary N) is 2. The van der Waals surface area contributed by atoms with Gasteiger partial charge in [0, 0.05) is 0 Å². The van der Waals surface area contributed by atoms with Gasteiger partial charge in [-0.3, -0.25) is 4.79 Å². The molecule has 0 unspecified atom stereocenters. The van der Waals surface area contributed by atoms with Gasteiger partial charge in [-0.15, -0.1) is 0 Å². The van der Waals surface area contributed by atoms with Crippen LogP contribution in [0.15, 0.2) is 18.2 Å². The zero-order chi connectivity index (χ0) is 17.6. The molecule has 0 radical (unpaired) electrons. The number of ether oxygens (including phenoxy) is 1. The fourth-order valence-electron chi connectivity index (χ4n) is 1.71. The number of nitriles is 1. The van der Waals surface area contributed by atoms with Crippen LogP contribution in [-0.2, 0) is 9.53 Å². The van der Waals surface area contributed by atoms with E-state index in [1.807, 2.05) is 0 Å². The Balaban J connectivity index is 3.10. The van der Waals surface area contributed by atoms with E-state index in [-0.39, 0.29) is 6.54 Å². The lowest BCUT2D eigenvalue weighted by Gasteiger charge is -2.23. The number of benzene rings is 1. The van der Waals surface area contributed by atoms with Gasteiger partial charge in [-0.1, -0.05) is 6.07 Å². The maximum atomic E-state index is 13.9. The van der Waals surface area contributed by atoms with Gasteiger partial charge in [-0.25, -0.2) is 13.6 Å². The Hall–Kier alpha value is -2.69. The molecule has 0 heterocycles. The van der Waals surface area contributed by atoms with E-state index < -0.39 is 40.8 Å². The Bertz CT molecular complexity index is 616. The third-order valence-corrected chi connectivity index (χ3v) is 2.55. The zero-order valence-electron chi connectivity index (χ0n) is 12.9. The molecular weight excluding hydrogens is 308 g/mol. The van der Waals surface area contributed by atoms with Crippen molar-refractivity contribution < 1.29 is 23.1 Å². The Morgan fingerprint density at radius 2 is 1.87 bits per heavy atom. The van der Waals surface area contributed by atoms with E-state index in [4.69, 9.17) is 10.00 Å². The predicted molar refractivity (Wildman–Crippen MR) is 77.1 cm³/mol. The third kappa shape index (κ3) is 5.54. The first kappa shape index (κ1) is 18.4. The van der Waals surface area contributed by atoms with Crippen LogP contribution in [0.2, 0.25) is 0 Å². The summed E-state index contributed by atoms with van der Waals surface area (Å²) in [5.41, 5.74) is -1.49. The number of hydrogen-bond donors (Lipinski definition) is 2. The highest BCUT2D eigenvalue weighted by molar-refractivity contribution is 5.87. The van der Waals surface area contributed by atoms with Gasteiger partial charge < -0.3 is 15.4 Å². The first-order valence-electron chi connectivity index (χ1n) is 6.74. The third-order valence-electron chi connectivity index (χ3n) is 2.55. The van der Waals surface area contributed by atoms with Crippen LogP contribution in [0.4, 0.5) is 13.6 Å². The van der Waals surface area contributed by atoms with Gasteiger partial charge in [-0.2, -0.15) is 5.26 Å². The van der Waals surface area contributed by atoms with Crippen LogP contribution < -0.4 is 10.6 Å². The highest BCUT2D eigenvalue weighted by Crippen LogP contribution is 2.21. The van der Waals surface area contributed by atoms with Gasteiger partial charge >= 0.3 is 6.09 Å². The summed E-state index contributed by atoms with van der Waals surface area (Å²) < 4.78 is 32.8. The van der Waals surface area contributed by atoms with Crippen LogP contribution in [0.3, 0.4) is 0 Å². The van der Waals surface area contributed by atoms with Gasteiger partial charge in [0.1, 0.15) is 29.8 Å². The van der Waals surface area contributed by atoms with Crippen molar-refractivity contribution in [3.8, 4) is 6.07 Å². The van der Waals surface area contributed by atoms with Crippen molar-refractivity contribution in [2.45, 2.75) is 32.4 Å².